The first-order valence-electron chi connectivity index (χ1n) is 7.12. The van der Waals surface area contributed by atoms with Gasteiger partial charge in [-0.1, -0.05) is 0 Å². The molecular formula is C15H22ClFN2OS. The molecule has 0 atom stereocenters. The van der Waals surface area contributed by atoms with E-state index in [0.717, 1.165) is 49.5 Å². The fourth-order valence-electron chi connectivity index (χ4n) is 2.23. The maximum absolute atomic E-state index is 12.7. The lowest BCUT2D eigenvalue weighted by Crippen LogP contribution is -2.38. The van der Waals surface area contributed by atoms with Crippen molar-refractivity contribution in [1.82, 2.24) is 10.6 Å². The molecule has 21 heavy (non-hydrogen) atoms. The Kier molecular flexibility index (Phi) is 8.73. The lowest BCUT2D eigenvalue weighted by molar-refractivity contribution is -0.125. The van der Waals surface area contributed by atoms with E-state index in [1.807, 2.05) is 0 Å². The number of nitrogens with one attached hydrogen (secondary N) is 2. The number of amides is 1. The molecule has 0 unspecified atom stereocenters. The van der Waals surface area contributed by atoms with Crippen LogP contribution in [0.2, 0.25) is 0 Å². The lowest BCUT2D eigenvalue weighted by Gasteiger charge is -2.21. The van der Waals surface area contributed by atoms with Crippen molar-refractivity contribution >= 4 is 30.1 Å². The zero-order valence-corrected chi connectivity index (χ0v) is 13.6. The van der Waals surface area contributed by atoms with E-state index in [0.29, 0.717) is 0 Å². The van der Waals surface area contributed by atoms with Crippen molar-refractivity contribution in [3.05, 3.63) is 30.1 Å². The Balaban J connectivity index is 0.00000220. The topological polar surface area (TPSA) is 41.1 Å². The summed E-state index contributed by atoms with van der Waals surface area (Å²) in [6.45, 7) is 2.61. The van der Waals surface area contributed by atoms with Crippen molar-refractivity contribution < 1.29 is 9.18 Å². The van der Waals surface area contributed by atoms with Gasteiger partial charge < -0.3 is 10.6 Å². The molecule has 1 aromatic rings. The van der Waals surface area contributed by atoms with Crippen LogP contribution in [0.4, 0.5) is 4.39 Å². The predicted octanol–water partition coefficient (Wildman–Crippen LogP) is 2.85. The summed E-state index contributed by atoms with van der Waals surface area (Å²) < 4.78 is 12.7. The van der Waals surface area contributed by atoms with Crippen LogP contribution in [0.3, 0.4) is 0 Å². The lowest BCUT2D eigenvalue weighted by atomic mass is 9.97. The molecule has 0 saturated carbocycles. The van der Waals surface area contributed by atoms with Crippen molar-refractivity contribution in [3.63, 3.8) is 0 Å². The molecule has 3 nitrogen and oxygen atoms in total. The van der Waals surface area contributed by atoms with Crippen molar-refractivity contribution in [3.8, 4) is 0 Å². The van der Waals surface area contributed by atoms with Gasteiger partial charge in [-0.25, -0.2) is 4.39 Å². The molecule has 1 fully saturated rings. The van der Waals surface area contributed by atoms with Crippen LogP contribution < -0.4 is 10.6 Å². The Hall–Kier alpha value is -0.780. The van der Waals surface area contributed by atoms with Gasteiger partial charge in [-0.15, -0.1) is 24.2 Å². The minimum atomic E-state index is -0.205. The smallest absolute Gasteiger partial charge is 0.223 e. The van der Waals surface area contributed by atoms with Crippen molar-refractivity contribution in [2.45, 2.75) is 24.2 Å². The monoisotopic (exact) mass is 332 g/mol. The van der Waals surface area contributed by atoms with Gasteiger partial charge >= 0.3 is 0 Å². The van der Waals surface area contributed by atoms with E-state index in [-0.39, 0.29) is 30.0 Å². The maximum Gasteiger partial charge on any atom is 0.223 e. The van der Waals surface area contributed by atoms with Gasteiger partial charge in [0.05, 0.1) is 0 Å². The number of hydrogen-bond donors (Lipinski definition) is 2. The van der Waals surface area contributed by atoms with Crippen LogP contribution in [-0.2, 0) is 4.79 Å². The van der Waals surface area contributed by atoms with Crippen LogP contribution in [-0.4, -0.2) is 31.3 Å². The molecular weight excluding hydrogens is 311 g/mol. The van der Waals surface area contributed by atoms with E-state index in [1.165, 1.54) is 12.1 Å². The second-order valence-electron chi connectivity index (χ2n) is 4.97. The summed E-state index contributed by atoms with van der Waals surface area (Å²) >= 11 is 1.69. The van der Waals surface area contributed by atoms with E-state index in [1.54, 1.807) is 23.9 Å². The molecule has 0 spiro atoms. The Morgan fingerprint density at radius 2 is 1.95 bits per heavy atom. The molecule has 0 radical (unpaired) electrons. The standard InChI is InChI=1S/C15H21FN2OS.ClH/c16-13-2-4-14(5-3-13)20-11-1-8-18-15(19)12-6-9-17-10-7-12;/h2-5,12,17H,1,6-11H2,(H,18,19);1H. The third-order valence-corrected chi connectivity index (χ3v) is 4.51. The summed E-state index contributed by atoms with van der Waals surface area (Å²) in [6.07, 6.45) is 2.81. The highest BCUT2D eigenvalue weighted by molar-refractivity contribution is 7.99. The third kappa shape index (κ3) is 6.68. The number of piperidine rings is 1. The van der Waals surface area contributed by atoms with Gasteiger partial charge in [-0.3, -0.25) is 4.79 Å². The second kappa shape index (κ2) is 10.0. The largest absolute Gasteiger partial charge is 0.356 e. The van der Waals surface area contributed by atoms with Gasteiger partial charge in [0.15, 0.2) is 0 Å². The Morgan fingerprint density at radius 3 is 2.62 bits per heavy atom. The average molecular weight is 333 g/mol. The van der Waals surface area contributed by atoms with Gasteiger partial charge in [-0.05, 0) is 62.4 Å². The van der Waals surface area contributed by atoms with Crippen molar-refractivity contribution in [1.29, 1.82) is 0 Å². The fraction of sp³-hybridized carbons (Fsp3) is 0.533. The van der Waals surface area contributed by atoms with Crippen LogP contribution >= 0.6 is 24.2 Å². The first kappa shape index (κ1) is 18.3. The van der Waals surface area contributed by atoms with Crippen LogP contribution in [0.1, 0.15) is 19.3 Å². The summed E-state index contributed by atoms with van der Waals surface area (Å²) in [5.74, 6) is 1.10. The third-order valence-electron chi connectivity index (χ3n) is 3.41. The molecule has 0 aromatic heterocycles. The molecule has 1 amide bonds. The van der Waals surface area contributed by atoms with Gasteiger partial charge in [0.2, 0.25) is 5.91 Å². The Bertz CT molecular complexity index is 424. The first-order valence-corrected chi connectivity index (χ1v) is 8.11. The molecule has 1 aliphatic rings. The van der Waals surface area contributed by atoms with Gasteiger partial charge in [0.1, 0.15) is 5.82 Å². The summed E-state index contributed by atoms with van der Waals surface area (Å²) in [5, 5.41) is 6.27. The van der Waals surface area contributed by atoms with Crippen molar-refractivity contribution in [2.24, 2.45) is 5.92 Å². The number of carbonyl (C=O) groups excluding carboxylic acids is 1. The maximum atomic E-state index is 12.7. The molecule has 1 heterocycles. The molecule has 2 rings (SSSR count). The zero-order valence-electron chi connectivity index (χ0n) is 11.9. The van der Waals surface area contributed by atoms with Gasteiger partial charge in [-0.2, -0.15) is 0 Å². The normalized spacial score (nSPS) is 15.3. The highest BCUT2D eigenvalue weighted by Gasteiger charge is 2.19. The summed E-state index contributed by atoms with van der Waals surface area (Å²) in [5.41, 5.74) is 0. The number of halogens is 2. The summed E-state index contributed by atoms with van der Waals surface area (Å²) in [7, 11) is 0. The number of thioether (sulfide) groups is 1. The Morgan fingerprint density at radius 1 is 1.29 bits per heavy atom. The number of rotatable bonds is 6. The fourth-order valence-corrected chi connectivity index (χ4v) is 3.09. The van der Waals surface area contributed by atoms with Crippen molar-refractivity contribution in [2.75, 3.05) is 25.4 Å². The zero-order chi connectivity index (χ0) is 14.2. The quantitative estimate of drug-likeness (QED) is 0.621. The number of benzene rings is 1. The highest BCUT2D eigenvalue weighted by Crippen LogP contribution is 2.18. The first-order chi connectivity index (χ1) is 9.75. The molecule has 2 N–H and O–H groups in total. The van der Waals surface area contributed by atoms with E-state index in [2.05, 4.69) is 10.6 Å². The highest BCUT2D eigenvalue weighted by atomic mass is 35.5. The minimum absolute atomic E-state index is 0. The van der Waals surface area contributed by atoms with Crippen LogP contribution in [0.15, 0.2) is 29.2 Å². The second-order valence-corrected chi connectivity index (χ2v) is 6.14. The summed E-state index contributed by atoms with van der Waals surface area (Å²) in [6, 6.07) is 6.52. The minimum Gasteiger partial charge on any atom is -0.356 e. The molecule has 0 aliphatic carbocycles. The molecule has 0 bridgehead atoms. The number of carbonyl (C=O) groups is 1. The van der Waals surface area contributed by atoms with E-state index in [4.69, 9.17) is 0 Å². The van der Waals surface area contributed by atoms with Gasteiger partial charge in [0.25, 0.3) is 0 Å². The molecule has 1 saturated heterocycles. The molecule has 1 aromatic carbocycles. The number of hydrogen-bond acceptors (Lipinski definition) is 3. The average Bonchev–Trinajstić information content (AvgIpc) is 2.49. The molecule has 1 aliphatic heterocycles. The predicted molar refractivity (Wildman–Crippen MR) is 87.6 cm³/mol. The van der Waals surface area contributed by atoms with E-state index in [9.17, 15) is 9.18 Å². The van der Waals surface area contributed by atoms with E-state index < -0.39 is 0 Å². The summed E-state index contributed by atoms with van der Waals surface area (Å²) in [4.78, 5) is 12.9. The SMILES string of the molecule is Cl.O=C(NCCCSc1ccc(F)cc1)C1CCNCC1. The van der Waals surface area contributed by atoms with Crippen LogP contribution in [0.25, 0.3) is 0 Å². The van der Waals surface area contributed by atoms with Crippen LogP contribution in [0.5, 0.6) is 0 Å². The Labute approximate surface area is 135 Å². The van der Waals surface area contributed by atoms with E-state index >= 15 is 0 Å². The molecule has 118 valence electrons. The van der Waals surface area contributed by atoms with Crippen LogP contribution in [0, 0.1) is 11.7 Å². The van der Waals surface area contributed by atoms with Gasteiger partial charge in [0, 0.05) is 17.4 Å². The molecule has 6 heteroatoms.